The third kappa shape index (κ3) is 3.96. The van der Waals surface area contributed by atoms with E-state index in [0.29, 0.717) is 11.8 Å². The van der Waals surface area contributed by atoms with Gasteiger partial charge in [0, 0.05) is 18.6 Å². The van der Waals surface area contributed by atoms with Crippen molar-refractivity contribution in [2.45, 2.75) is 25.9 Å². The van der Waals surface area contributed by atoms with Crippen molar-refractivity contribution < 1.29 is 9.13 Å². The first kappa shape index (κ1) is 14.9. The van der Waals surface area contributed by atoms with Gasteiger partial charge in [-0.15, -0.1) is 0 Å². The van der Waals surface area contributed by atoms with Crippen molar-refractivity contribution in [1.29, 1.82) is 0 Å². The summed E-state index contributed by atoms with van der Waals surface area (Å²) in [6, 6.07) is 5.60. The number of rotatable bonds is 6. The number of hydrogen-bond donors (Lipinski definition) is 1. The first-order valence-electron chi connectivity index (χ1n) is 6.19. The molecule has 0 aliphatic rings. The van der Waals surface area contributed by atoms with Crippen molar-refractivity contribution in [2.24, 2.45) is 0 Å². The van der Waals surface area contributed by atoms with Gasteiger partial charge in [0.15, 0.2) is 11.6 Å². The summed E-state index contributed by atoms with van der Waals surface area (Å²) in [5, 5.41) is 3.43. The van der Waals surface area contributed by atoms with Gasteiger partial charge in [-0.05, 0) is 45.6 Å². The fourth-order valence-corrected chi connectivity index (χ4v) is 1.59. The highest BCUT2D eigenvalue weighted by Gasteiger charge is 2.11. The van der Waals surface area contributed by atoms with E-state index in [1.807, 2.05) is 0 Å². The van der Waals surface area contributed by atoms with Crippen LogP contribution in [0.2, 0.25) is 0 Å². The molecule has 1 aromatic carbocycles. The third-order valence-electron chi connectivity index (χ3n) is 3.28. The van der Waals surface area contributed by atoms with E-state index in [4.69, 9.17) is 4.74 Å². The van der Waals surface area contributed by atoms with E-state index in [2.05, 4.69) is 38.2 Å². The average Bonchev–Trinajstić information content (AvgIpc) is 2.35. The van der Waals surface area contributed by atoms with Gasteiger partial charge >= 0.3 is 0 Å². The zero-order chi connectivity index (χ0) is 13.7. The fourth-order valence-electron chi connectivity index (χ4n) is 1.59. The van der Waals surface area contributed by atoms with E-state index in [0.717, 1.165) is 12.1 Å². The van der Waals surface area contributed by atoms with Crippen LogP contribution in [0.5, 0.6) is 5.75 Å². The molecule has 2 atom stereocenters. The minimum absolute atomic E-state index is 0.168. The number of ether oxygens (including phenoxy) is 1. The predicted octanol–water partition coefficient (Wildman–Crippen LogP) is 2.44. The second-order valence-corrected chi connectivity index (χ2v) is 4.84. The molecule has 2 unspecified atom stereocenters. The topological polar surface area (TPSA) is 24.5 Å². The summed E-state index contributed by atoms with van der Waals surface area (Å²) < 4.78 is 18.3. The van der Waals surface area contributed by atoms with E-state index in [9.17, 15) is 4.39 Å². The first-order chi connectivity index (χ1) is 8.45. The highest BCUT2D eigenvalue weighted by atomic mass is 19.1. The molecule has 0 heterocycles. The SMILES string of the molecule is COc1cc(C(C)NCC(C)N(C)C)ccc1F. The largest absolute Gasteiger partial charge is 0.494 e. The van der Waals surface area contributed by atoms with Gasteiger partial charge in [-0.2, -0.15) is 0 Å². The molecular formula is C14H23FN2O. The molecule has 0 bridgehead atoms. The van der Waals surface area contributed by atoms with Gasteiger partial charge in [-0.25, -0.2) is 4.39 Å². The van der Waals surface area contributed by atoms with Crippen molar-refractivity contribution in [1.82, 2.24) is 10.2 Å². The normalized spacial score (nSPS) is 14.6. The Balaban J connectivity index is 2.64. The van der Waals surface area contributed by atoms with Gasteiger partial charge in [-0.1, -0.05) is 6.07 Å². The third-order valence-corrected chi connectivity index (χ3v) is 3.28. The van der Waals surface area contributed by atoms with Gasteiger partial charge in [0.05, 0.1) is 7.11 Å². The lowest BCUT2D eigenvalue weighted by Gasteiger charge is -2.23. The quantitative estimate of drug-likeness (QED) is 0.844. The molecule has 0 aliphatic carbocycles. The molecule has 1 rings (SSSR count). The summed E-state index contributed by atoms with van der Waals surface area (Å²) in [4.78, 5) is 2.16. The molecule has 1 aromatic rings. The lowest BCUT2D eigenvalue weighted by atomic mass is 10.1. The van der Waals surface area contributed by atoms with Crippen LogP contribution in [0.4, 0.5) is 4.39 Å². The summed E-state index contributed by atoms with van der Waals surface area (Å²) in [5.74, 6) is -0.0306. The van der Waals surface area contributed by atoms with E-state index >= 15 is 0 Å². The number of nitrogens with zero attached hydrogens (tertiary/aromatic N) is 1. The molecule has 1 N–H and O–H groups in total. The standard InChI is InChI=1S/C14H23FN2O/c1-10(17(3)4)9-16-11(2)12-6-7-13(15)14(8-12)18-5/h6-8,10-11,16H,9H2,1-5H3. The molecule has 0 fully saturated rings. The Kier molecular flexibility index (Phi) is 5.56. The second kappa shape index (κ2) is 6.71. The zero-order valence-electron chi connectivity index (χ0n) is 11.8. The van der Waals surface area contributed by atoms with Gasteiger partial charge in [0.2, 0.25) is 0 Å². The molecule has 0 aliphatic heterocycles. The monoisotopic (exact) mass is 254 g/mol. The van der Waals surface area contributed by atoms with Crippen molar-refractivity contribution in [3.63, 3.8) is 0 Å². The highest BCUT2D eigenvalue weighted by molar-refractivity contribution is 5.31. The number of nitrogens with one attached hydrogen (secondary N) is 1. The number of likely N-dealkylation sites (N-methyl/N-ethyl adjacent to an activating group) is 1. The van der Waals surface area contributed by atoms with Crippen LogP contribution in [0.1, 0.15) is 25.5 Å². The summed E-state index contributed by atoms with van der Waals surface area (Å²) in [7, 11) is 5.59. The Morgan fingerprint density at radius 2 is 2.00 bits per heavy atom. The minimum atomic E-state index is -0.324. The van der Waals surface area contributed by atoms with Crippen LogP contribution >= 0.6 is 0 Å². The summed E-state index contributed by atoms with van der Waals surface area (Å²) in [6.45, 7) is 5.11. The molecule has 3 nitrogen and oxygen atoms in total. The smallest absolute Gasteiger partial charge is 0.165 e. The fraction of sp³-hybridized carbons (Fsp3) is 0.571. The van der Waals surface area contributed by atoms with Gasteiger partial charge in [-0.3, -0.25) is 0 Å². The summed E-state index contributed by atoms with van der Waals surface area (Å²) in [5.41, 5.74) is 1.03. The van der Waals surface area contributed by atoms with E-state index in [-0.39, 0.29) is 11.9 Å². The first-order valence-corrected chi connectivity index (χ1v) is 6.19. The summed E-state index contributed by atoms with van der Waals surface area (Å²) in [6.07, 6.45) is 0. The Hall–Kier alpha value is -1.13. The van der Waals surface area contributed by atoms with Crippen LogP contribution in [0, 0.1) is 5.82 Å². The lowest BCUT2D eigenvalue weighted by Crippen LogP contribution is -2.36. The molecule has 0 spiro atoms. The Bertz CT molecular complexity index is 382. The van der Waals surface area contributed by atoms with Crippen LogP contribution < -0.4 is 10.1 Å². The van der Waals surface area contributed by atoms with Crippen molar-refractivity contribution in [3.05, 3.63) is 29.6 Å². The number of benzene rings is 1. The number of halogens is 1. The summed E-state index contributed by atoms with van der Waals surface area (Å²) >= 11 is 0. The zero-order valence-corrected chi connectivity index (χ0v) is 11.8. The maximum Gasteiger partial charge on any atom is 0.165 e. The molecule has 102 valence electrons. The molecular weight excluding hydrogens is 231 g/mol. The van der Waals surface area contributed by atoms with Crippen LogP contribution in [0.3, 0.4) is 0 Å². The Morgan fingerprint density at radius 1 is 1.33 bits per heavy atom. The van der Waals surface area contributed by atoms with Crippen molar-refractivity contribution >= 4 is 0 Å². The van der Waals surface area contributed by atoms with E-state index in [1.165, 1.54) is 13.2 Å². The average molecular weight is 254 g/mol. The maximum absolute atomic E-state index is 13.3. The van der Waals surface area contributed by atoms with Gasteiger partial charge < -0.3 is 15.0 Å². The molecule has 4 heteroatoms. The van der Waals surface area contributed by atoms with Crippen LogP contribution in [0.25, 0.3) is 0 Å². The molecule has 0 amide bonds. The Labute approximate surface area is 109 Å². The molecule has 0 aromatic heterocycles. The van der Waals surface area contributed by atoms with E-state index < -0.39 is 0 Å². The van der Waals surface area contributed by atoms with E-state index in [1.54, 1.807) is 12.1 Å². The van der Waals surface area contributed by atoms with Crippen LogP contribution in [-0.2, 0) is 0 Å². The number of hydrogen-bond acceptors (Lipinski definition) is 3. The predicted molar refractivity (Wildman–Crippen MR) is 72.5 cm³/mol. The van der Waals surface area contributed by atoms with Crippen molar-refractivity contribution in [3.8, 4) is 5.75 Å². The van der Waals surface area contributed by atoms with Gasteiger partial charge in [0.1, 0.15) is 0 Å². The number of methoxy groups -OCH3 is 1. The highest BCUT2D eigenvalue weighted by Crippen LogP contribution is 2.22. The molecule has 0 saturated carbocycles. The molecule has 0 radical (unpaired) electrons. The van der Waals surface area contributed by atoms with Crippen molar-refractivity contribution in [2.75, 3.05) is 27.7 Å². The van der Waals surface area contributed by atoms with Gasteiger partial charge in [0.25, 0.3) is 0 Å². The Morgan fingerprint density at radius 3 is 2.56 bits per heavy atom. The van der Waals surface area contributed by atoms with Crippen LogP contribution in [0.15, 0.2) is 18.2 Å². The second-order valence-electron chi connectivity index (χ2n) is 4.84. The molecule has 0 saturated heterocycles. The minimum Gasteiger partial charge on any atom is -0.494 e. The molecule has 18 heavy (non-hydrogen) atoms. The van der Waals surface area contributed by atoms with Crippen LogP contribution in [-0.4, -0.2) is 38.7 Å². The maximum atomic E-state index is 13.3. The lowest BCUT2D eigenvalue weighted by molar-refractivity contribution is 0.295.